The molecule has 1 aromatic rings. The highest BCUT2D eigenvalue weighted by Gasteiger charge is 2.39. The fourth-order valence-electron chi connectivity index (χ4n) is 3.40. The van der Waals surface area contributed by atoms with Gasteiger partial charge in [0.2, 0.25) is 0 Å². The molecular formula is C18H28BrN3O2. The smallest absolute Gasteiger partial charge is 0.314 e. The van der Waals surface area contributed by atoms with Crippen LogP contribution in [0.1, 0.15) is 27.2 Å². The van der Waals surface area contributed by atoms with E-state index in [9.17, 15) is 4.79 Å². The minimum Gasteiger partial charge on any atom is -0.395 e. The minimum absolute atomic E-state index is 0.0429. The van der Waals surface area contributed by atoms with Gasteiger partial charge >= 0.3 is 6.03 Å². The van der Waals surface area contributed by atoms with Crippen LogP contribution in [0.3, 0.4) is 0 Å². The Bertz CT molecular complexity index is 548. The molecular weight excluding hydrogens is 370 g/mol. The van der Waals surface area contributed by atoms with Crippen LogP contribution in [0.5, 0.6) is 0 Å². The molecule has 134 valence electrons. The lowest BCUT2D eigenvalue weighted by molar-refractivity contribution is 0.170. The maximum Gasteiger partial charge on any atom is 0.314 e. The van der Waals surface area contributed by atoms with E-state index in [1.165, 1.54) is 5.69 Å². The Labute approximate surface area is 152 Å². The van der Waals surface area contributed by atoms with Crippen molar-refractivity contribution < 1.29 is 9.90 Å². The maximum absolute atomic E-state index is 11.7. The Balaban J connectivity index is 2.03. The van der Waals surface area contributed by atoms with E-state index in [4.69, 9.17) is 5.11 Å². The van der Waals surface area contributed by atoms with Gasteiger partial charge in [0, 0.05) is 35.8 Å². The van der Waals surface area contributed by atoms with Gasteiger partial charge in [-0.2, -0.15) is 0 Å². The number of urea groups is 1. The van der Waals surface area contributed by atoms with Crippen LogP contribution < -0.4 is 15.5 Å². The number of rotatable bonds is 5. The predicted molar refractivity (Wildman–Crippen MR) is 101 cm³/mol. The minimum atomic E-state index is -0.212. The maximum atomic E-state index is 11.7. The van der Waals surface area contributed by atoms with Crippen molar-refractivity contribution in [3.8, 4) is 0 Å². The number of piperidine rings is 1. The van der Waals surface area contributed by atoms with Crippen LogP contribution in [0.15, 0.2) is 28.7 Å². The molecule has 3 N–H and O–H groups in total. The average Bonchev–Trinajstić information content (AvgIpc) is 2.54. The number of halogens is 1. The quantitative estimate of drug-likeness (QED) is 0.715. The van der Waals surface area contributed by atoms with Crippen LogP contribution in [-0.4, -0.2) is 43.4 Å². The molecule has 1 fully saturated rings. The zero-order chi connectivity index (χ0) is 17.7. The summed E-state index contributed by atoms with van der Waals surface area (Å²) in [4.78, 5) is 14.1. The summed E-state index contributed by atoms with van der Waals surface area (Å²) in [6.45, 7) is 8.67. The first kappa shape index (κ1) is 19.1. The third kappa shape index (κ3) is 4.86. The van der Waals surface area contributed by atoms with Gasteiger partial charge in [-0.05, 0) is 48.9 Å². The largest absolute Gasteiger partial charge is 0.395 e. The number of hydrogen-bond donors (Lipinski definition) is 3. The lowest BCUT2D eigenvalue weighted by Crippen LogP contribution is -2.54. The van der Waals surface area contributed by atoms with E-state index in [1.807, 2.05) is 0 Å². The molecule has 2 rings (SSSR count). The molecule has 6 heteroatoms. The molecule has 1 aliphatic rings. The van der Waals surface area contributed by atoms with E-state index in [1.54, 1.807) is 0 Å². The van der Waals surface area contributed by atoms with Gasteiger partial charge in [-0.1, -0.05) is 29.8 Å². The summed E-state index contributed by atoms with van der Waals surface area (Å²) < 4.78 is 1.08. The number of carbonyl (C=O) groups excluding carboxylic acids is 1. The number of nitrogens with one attached hydrogen (secondary N) is 2. The van der Waals surface area contributed by atoms with Crippen LogP contribution in [-0.2, 0) is 0 Å². The Kier molecular flexibility index (Phi) is 6.52. The topological polar surface area (TPSA) is 64.6 Å². The fraction of sp³-hybridized carbons (Fsp3) is 0.611. The Morgan fingerprint density at radius 1 is 1.33 bits per heavy atom. The zero-order valence-electron chi connectivity index (χ0n) is 14.7. The van der Waals surface area contributed by atoms with Crippen LogP contribution >= 0.6 is 15.9 Å². The monoisotopic (exact) mass is 397 g/mol. The van der Waals surface area contributed by atoms with Crippen molar-refractivity contribution in [3.63, 3.8) is 0 Å². The highest BCUT2D eigenvalue weighted by atomic mass is 79.9. The zero-order valence-corrected chi connectivity index (χ0v) is 16.3. The second-order valence-electron chi connectivity index (χ2n) is 7.22. The molecule has 5 nitrogen and oxygen atoms in total. The summed E-state index contributed by atoms with van der Waals surface area (Å²) in [6.07, 6.45) is 1.07. The number of amides is 2. The van der Waals surface area contributed by atoms with Gasteiger partial charge in [0.05, 0.1) is 6.61 Å². The van der Waals surface area contributed by atoms with E-state index in [2.05, 4.69) is 76.5 Å². The summed E-state index contributed by atoms with van der Waals surface area (Å²) in [5, 5.41) is 14.3. The molecule has 0 aromatic heterocycles. The fourth-order valence-corrected chi connectivity index (χ4v) is 3.67. The van der Waals surface area contributed by atoms with Gasteiger partial charge in [-0.25, -0.2) is 4.79 Å². The molecule has 1 aliphatic heterocycles. The summed E-state index contributed by atoms with van der Waals surface area (Å²) in [5.41, 5.74) is 1.38. The first-order valence-corrected chi connectivity index (χ1v) is 9.27. The van der Waals surface area contributed by atoms with E-state index in [-0.39, 0.29) is 24.6 Å². The summed E-state index contributed by atoms with van der Waals surface area (Å²) in [6, 6.07) is 8.63. The number of benzene rings is 1. The molecule has 2 atom stereocenters. The predicted octanol–water partition coefficient (Wildman–Crippen LogP) is 2.98. The van der Waals surface area contributed by atoms with Gasteiger partial charge in [0.1, 0.15) is 0 Å². The number of anilines is 1. The van der Waals surface area contributed by atoms with Gasteiger partial charge in [0.15, 0.2) is 0 Å². The SMILES string of the molecule is CC1N(c2ccc(Br)cc2)CC(CNC(=O)NCCO)CC1(C)C. The lowest BCUT2D eigenvalue weighted by Gasteiger charge is -2.49. The van der Waals surface area contributed by atoms with Crippen LogP contribution in [0.4, 0.5) is 10.5 Å². The molecule has 2 unspecified atom stereocenters. The first-order chi connectivity index (χ1) is 11.3. The summed E-state index contributed by atoms with van der Waals surface area (Å²) in [5.74, 6) is 0.389. The Morgan fingerprint density at radius 2 is 2.00 bits per heavy atom. The third-order valence-electron chi connectivity index (χ3n) is 4.98. The second kappa shape index (κ2) is 8.21. The van der Waals surface area contributed by atoms with Gasteiger partial charge < -0.3 is 20.6 Å². The summed E-state index contributed by atoms with van der Waals surface area (Å²) in [7, 11) is 0. The third-order valence-corrected chi connectivity index (χ3v) is 5.50. The van der Waals surface area contributed by atoms with Gasteiger partial charge in [-0.15, -0.1) is 0 Å². The van der Waals surface area contributed by atoms with Crippen molar-refractivity contribution in [2.45, 2.75) is 33.2 Å². The first-order valence-electron chi connectivity index (χ1n) is 8.48. The standard InChI is InChI=1S/C18H28BrN3O2/c1-13-18(2,3)10-14(11-21-17(24)20-8-9-23)12-22(13)16-6-4-15(19)5-7-16/h4-7,13-14,23H,8-12H2,1-3H3,(H2,20,21,24). The molecule has 1 heterocycles. The molecule has 0 spiro atoms. The highest BCUT2D eigenvalue weighted by Crippen LogP contribution is 2.40. The van der Waals surface area contributed by atoms with Crippen molar-refractivity contribution in [1.29, 1.82) is 0 Å². The van der Waals surface area contributed by atoms with Crippen molar-refractivity contribution in [1.82, 2.24) is 10.6 Å². The number of hydrogen-bond acceptors (Lipinski definition) is 3. The molecule has 1 aromatic carbocycles. The van der Waals surface area contributed by atoms with Crippen LogP contribution in [0, 0.1) is 11.3 Å². The summed E-state index contributed by atoms with van der Waals surface area (Å²) >= 11 is 3.49. The molecule has 1 saturated heterocycles. The van der Waals surface area contributed by atoms with Crippen LogP contribution in [0.25, 0.3) is 0 Å². The number of nitrogens with zero attached hydrogens (tertiary/aromatic N) is 1. The lowest BCUT2D eigenvalue weighted by atomic mass is 9.73. The molecule has 0 aliphatic carbocycles. The van der Waals surface area contributed by atoms with E-state index >= 15 is 0 Å². The Hall–Kier alpha value is -1.27. The van der Waals surface area contributed by atoms with Crippen LogP contribution in [0.2, 0.25) is 0 Å². The second-order valence-corrected chi connectivity index (χ2v) is 8.14. The highest BCUT2D eigenvalue weighted by molar-refractivity contribution is 9.10. The van der Waals surface area contributed by atoms with Crippen molar-refractivity contribution in [2.24, 2.45) is 11.3 Å². The van der Waals surface area contributed by atoms with Crippen molar-refractivity contribution in [3.05, 3.63) is 28.7 Å². The van der Waals surface area contributed by atoms with Gasteiger partial charge in [-0.3, -0.25) is 0 Å². The Morgan fingerprint density at radius 3 is 2.62 bits per heavy atom. The van der Waals surface area contributed by atoms with Crippen molar-refractivity contribution in [2.75, 3.05) is 31.1 Å². The van der Waals surface area contributed by atoms with Crippen molar-refractivity contribution >= 4 is 27.6 Å². The molecule has 0 saturated carbocycles. The van der Waals surface area contributed by atoms with E-state index in [0.717, 1.165) is 17.4 Å². The normalized spacial score (nSPS) is 23.0. The number of aliphatic hydroxyl groups excluding tert-OH is 1. The number of carbonyl (C=O) groups is 1. The average molecular weight is 398 g/mol. The van der Waals surface area contributed by atoms with E-state index in [0.29, 0.717) is 18.5 Å². The van der Waals surface area contributed by atoms with Gasteiger partial charge in [0.25, 0.3) is 0 Å². The molecule has 24 heavy (non-hydrogen) atoms. The van der Waals surface area contributed by atoms with E-state index < -0.39 is 0 Å². The number of aliphatic hydroxyl groups is 1. The molecule has 0 radical (unpaired) electrons. The molecule has 0 bridgehead atoms. The molecule has 2 amide bonds.